The van der Waals surface area contributed by atoms with Crippen molar-refractivity contribution in [1.82, 2.24) is 19.9 Å². The van der Waals surface area contributed by atoms with Crippen molar-refractivity contribution in [2.24, 2.45) is 16.5 Å². The second-order valence-electron chi connectivity index (χ2n) is 6.56. The van der Waals surface area contributed by atoms with Crippen molar-refractivity contribution in [2.45, 2.75) is 25.5 Å². The van der Waals surface area contributed by atoms with Gasteiger partial charge in [0.05, 0.1) is 5.69 Å². The van der Waals surface area contributed by atoms with Crippen molar-refractivity contribution < 1.29 is 0 Å². The maximum absolute atomic E-state index is 12.3. The highest BCUT2D eigenvalue weighted by Gasteiger charge is 2.05. The van der Waals surface area contributed by atoms with Crippen molar-refractivity contribution in [3.63, 3.8) is 0 Å². The van der Waals surface area contributed by atoms with Crippen molar-refractivity contribution in [3.05, 3.63) is 62.8 Å². The maximum Gasteiger partial charge on any atom is 0.255 e. The second kappa shape index (κ2) is 10.7. The van der Waals surface area contributed by atoms with E-state index >= 15 is 0 Å². The predicted octanol–water partition coefficient (Wildman–Crippen LogP) is 2.16. The van der Waals surface area contributed by atoms with Crippen LogP contribution in [-0.4, -0.2) is 38.2 Å². The molecule has 0 atom stereocenters. The van der Waals surface area contributed by atoms with Gasteiger partial charge in [-0.05, 0) is 30.7 Å². The first kappa shape index (κ1) is 21.8. The molecule has 0 aromatic carbocycles. The quantitative estimate of drug-likeness (QED) is 0.211. The molecule has 3 aromatic rings. The Hall–Kier alpha value is -2.92. The summed E-state index contributed by atoms with van der Waals surface area (Å²) in [5.74, 6) is 2.25. The van der Waals surface area contributed by atoms with E-state index in [2.05, 4.69) is 30.2 Å². The Kier molecular flexibility index (Phi) is 7.80. The number of guanidine groups is 1. The van der Waals surface area contributed by atoms with Crippen LogP contribution < -0.4 is 22.3 Å². The molecular weight excluding hydrogens is 420 g/mol. The van der Waals surface area contributed by atoms with Crippen LogP contribution in [0.4, 0.5) is 11.1 Å². The molecule has 0 aliphatic rings. The molecule has 0 saturated heterocycles. The van der Waals surface area contributed by atoms with E-state index in [9.17, 15) is 4.79 Å². The fraction of sp³-hybridized carbons (Fsp3) is 0.316. The van der Waals surface area contributed by atoms with Gasteiger partial charge in [-0.1, -0.05) is 6.07 Å². The van der Waals surface area contributed by atoms with Crippen LogP contribution in [0.15, 0.2) is 39.7 Å². The maximum atomic E-state index is 12.3. The number of nitrogens with two attached hydrogens (primary N) is 2. The lowest BCUT2D eigenvalue weighted by molar-refractivity contribution is 0.942. The van der Waals surface area contributed by atoms with Crippen molar-refractivity contribution in [3.8, 4) is 0 Å². The van der Waals surface area contributed by atoms with Gasteiger partial charge in [-0.15, -0.1) is 11.3 Å². The van der Waals surface area contributed by atoms with Crippen LogP contribution in [0.1, 0.15) is 28.9 Å². The molecule has 6 N–H and O–H groups in total. The highest BCUT2D eigenvalue weighted by Crippen LogP contribution is 2.21. The molecule has 3 rings (SSSR count). The lowest BCUT2D eigenvalue weighted by Crippen LogP contribution is -2.21. The molecule has 30 heavy (non-hydrogen) atoms. The van der Waals surface area contributed by atoms with E-state index in [1.807, 2.05) is 24.4 Å². The number of thioether (sulfide) groups is 1. The number of nitrogens with zero attached hydrogens (tertiary/aromatic N) is 4. The van der Waals surface area contributed by atoms with E-state index in [1.165, 1.54) is 11.3 Å². The minimum Gasteiger partial charge on any atom is -0.370 e. The average molecular weight is 445 g/mol. The molecule has 0 spiro atoms. The van der Waals surface area contributed by atoms with E-state index in [1.54, 1.807) is 24.2 Å². The number of aromatic nitrogens is 4. The molecule has 0 unspecified atom stereocenters. The molecule has 11 heteroatoms. The van der Waals surface area contributed by atoms with Gasteiger partial charge in [-0.25, -0.2) is 9.97 Å². The minimum atomic E-state index is -0.137. The average Bonchev–Trinajstić information content (AvgIpc) is 3.14. The van der Waals surface area contributed by atoms with Crippen LogP contribution in [0.25, 0.3) is 0 Å². The molecule has 0 amide bonds. The number of aryl methyl sites for hydroxylation is 1. The monoisotopic (exact) mass is 444 g/mol. The van der Waals surface area contributed by atoms with Gasteiger partial charge in [0, 0.05) is 47.7 Å². The molecule has 0 saturated carbocycles. The lowest BCUT2D eigenvalue weighted by Gasteiger charge is -2.06. The minimum absolute atomic E-state index is 0.0152. The van der Waals surface area contributed by atoms with Gasteiger partial charge in [0.2, 0.25) is 11.1 Å². The normalized spacial score (nSPS) is 10.7. The van der Waals surface area contributed by atoms with Crippen LogP contribution in [0.3, 0.4) is 0 Å². The summed E-state index contributed by atoms with van der Waals surface area (Å²) in [6, 6.07) is 3.90. The highest BCUT2D eigenvalue weighted by atomic mass is 32.2. The first-order chi connectivity index (χ1) is 14.5. The second-order valence-corrected chi connectivity index (χ2v) is 8.50. The predicted molar refractivity (Wildman–Crippen MR) is 123 cm³/mol. The van der Waals surface area contributed by atoms with E-state index < -0.39 is 0 Å². The molecule has 158 valence electrons. The number of hydrogen-bond donors (Lipinski definition) is 4. The van der Waals surface area contributed by atoms with E-state index in [-0.39, 0.29) is 11.5 Å². The Morgan fingerprint density at radius 2 is 2.17 bits per heavy atom. The number of hydrogen-bond acceptors (Lipinski definition) is 8. The van der Waals surface area contributed by atoms with Gasteiger partial charge in [-0.2, -0.15) is 16.8 Å². The van der Waals surface area contributed by atoms with Gasteiger partial charge < -0.3 is 16.8 Å². The third-order valence-corrected chi connectivity index (χ3v) is 5.87. The van der Waals surface area contributed by atoms with Crippen molar-refractivity contribution in [2.75, 3.05) is 17.6 Å². The zero-order valence-electron chi connectivity index (χ0n) is 16.6. The van der Waals surface area contributed by atoms with Crippen LogP contribution in [0.5, 0.6) is 0 Å². The number of H-pyrrole nitrogens is 1. The smallest absolute Gasteiger partial charge is 0.255 e. The summed E-state index contributed by atoms with van der Waals surface area (Å²) >= 11 is 3.19. The van der Waals surface area contributed by atoms with Gasteiger partial charge in [-0.3, -0.25) is 14.8 Å². The Balaban J connectivity index is 1.38. The van der Waals surface area contributed by atoms with Gasteiger partial charge in [0.1, 0.15) is 0 Å². The number of rotatable bonds is 10. The number of aromatic amines is 1. The SMILES string of the molecule is Cc1ccc(Cc2cnc(NCCCSCc3csc(N=C(N)N)n3)[nH]c2=O)cn1. The molecule has 0 aliphatic heterocycles. The first-order valence-corrected chi connectivity index (χ1v) is 11.4. The molecule has 0 fully saturated rings. The number of thiazole rings is 1. The third kappa shape index (κ3) is 6.85. The summed E-state index contributed by atoms with van der Waals surface area (Å²) in [7, 11) is 0. The summed E-state index contributed by atoms with van der Waals surface area (Å²) in [6.45, 7) is 2.65. The molecule has 9 nitrogen and oxygen atoms in total. The Morgan fingerprint density at radius 1 is 1.30 bits per heavy atom. The number of nitrogens with one attached hydrogen (secondary N) is 2. The molecule has 3 heterocycles. The van der Waals surface area contributed by atoms with Gasteiger partial charge in [0.15, 0.2) is 5.96 Å². The Morgan fingerprint density at radius 3 is 2.90 bits per heavy atom. The van der Waals surface area contributed by atoms with Crippen molar-refractivity contribution >= 4 is 40.1 Å². The topological polar surface area (TPSA) is 148 Å². The summed E-state index contributed by atoms with van der Waals surface area (Å²) in [5.41, 5.74) is 14.1. The summed E-state index contributed by atoms with van der Waals surface area (Å²) in [6.07, 6.45) is 4.84. The number of aliphatic imine (C=N–C) groups is 1. The van der Waals surface area contributed by atoms with Gasteiger partial charge in [0.25, 0.3) is 5.56 Å². The van der Waals surface area contributed by atoms with Crippen LogP contribution in [-0.2, 0) is 12.2 Å². The van der Waals surface area contributed by atoms with Crippen LogP contribution in [0, 0.1) is 6.92 Å². The van der Waals surface area contributed by atoms with Crippen LogP contribution >= 0.6 is 23.1 Å². The molecule has 0 aliphatic carbocycles. The van der Waals surface area contributed by atoms with Crippen LogP contribution in [0.2, 0.25) is 0 Å². The summed E-state index contributed by atoms with van der Waals surface area (Å²) in [4.78, 5) is 31.9. The molecule has 0 bridgehead atoms. The Bertz CT molecular complexity index is 1040. The third-order valence-electron chi connectivity index (χ3n) is 4.01. The lowest BCUT2D eigenvalue weighted by atomic mass is 10.1. The van der Waals surface area contributed by atoms with E-state index in [4.69, 9.17) is 11.5 Å². The Labute approximate surface area is 182 Å². The number of anilines is 1. The zero-order chi connectivity index (χ0) is 21.3. The summed E-state index contributed by atoms with van der Waals surface area (Å²) < 4.78 is 0. The molecular formula is C19H24N8OS2. The largest absolute Gasteiger partial charge is 0.370 e. The zero-order valence-corrected chi connectivity index (χ0v) is 18.2. The van der Waals surface area contributed by atoms with E-state index in [0.717, 1.165) is 34.9 Å². The molecule has 3 aromatic heterocycles. The standard InChI is InChI=1S/C19H24N8OS2/c1-12-3-4-13(8-23-12)7-14-9-24-18(26-16(14)28)22-5-2-6-29-10-15-11-30-19(25-15)27-17(20)21/h3-4,8-9,11H,2,5-7,10H2,1H3,(H4,20,21,25,27)(H2,22,24,26,28). The van der Waals surface area contributed by atoms with Crippen molar-refractivity contribution in [1.29, 1.82) is 0 Å². The fourth-order valence-electron chi connectivity index (χ4n) is 2.54. The highest BCUT2D eigenvalue weighted by molar-refractivity contribution is 7.98. The molecule has 0 radical (unpaired) electrons. The number of pyridine rings is 1. The van der Waals surface area contributed by atoms with Gasteiger partial charge >= 0.3 is 0 Å². The summed E-state index contributed by atoms with van der Waals surface area (Å²) in [5, 5.41) is 5.68. The first-order valence-electron chi connectivity index (χ1n) is 9.35. The fourth-order valence-corrected chi connectivity index (χ4v) is 4.20. The van der Waals surface area contributed by atoms with E-state index in [0.29, 0.717) is 29.6 Å².